The number of nitrogens with zero attached hydrogens (tertiary/aromatic N) is 1. The molecule has 1 N–H and O–H groups in total. The second-order valence-corrected chi connectivity index (χ2v) is 5.85. The average molecular weight is 287 g/mol. The Morgan fingerprint density at radius 3 is 2.62 bits per heavy atom. The summed E-state index contributed by atoms with van der Waals surface area (Å²) in [6.45, 7) is 8.18. The first-order valence-corrected chi connectivity index (χ1v) is 7.32. The van der Waals surface area contributed by atoms with E-state index in [-0.39, 0.29) is 18.1 Å². The van der Waals surface area contributed by atoms with Gasteiger partial charge in [0.15, 0.2) is 0 Å². The van der Waals surface area contributed by atoms with E-state index < -0.39 is 0 Å². The highest BCUT2D eigenvalue weighted by molar-refractivity contribution is 5.97. The molecule has 0 aromatic heterocycles. The fourth-order valence-electron chi connectivity index (χ4n) is 1.85. The number of aliphatic hydroxyl groups is 1. The molecule has 3 heteroatoms. The van der Waals surface area contributed by atoms with E-state index in [1.807, 2.05) is 32.2 Å². The van der Waals surface area contributed by atoms with Gasteiger partial charge in [0.25, 0.3) is 5.91 Å². The Morgan fingerprint density at radius 2 is 2.05 bits per heavy atom. The Morgan fingerprint density at radius 1 is 1.38 bits per heavy atom. The molecule has 1 aromatic carbocycles. The first kappa shape index (κ1) is 17.3. The number of aliphatic hydroxyl groups excluding tert-OH is 1. The van der Waals surface area contributed by atoms with E-state index in [9.17, 15) is 4.79 Å². The number of carbonyl (C=O) groups excluding carboxylic acids is 1. The zero-order chi connectivity index (χ0) is 16.0. The Labute approximate surface area is 128 Å². The van der Waals surface area contributed by atoms with Crippen LogP contribution in [0, 0.1) is 18.8 Å². The van der Waals surface area contributed by atoms with Crippen molar-refractivity contribution in [3.8, 4) is 11.8 Å². The van der Waals surface area contributed by atoms with Gasteiger partial charge in [0, 0.05) is 24.6 Å². The minimum atomic E-state index is -0.197. The maximum absolute atomic E-state index is 12.7. The van der Waals surface area contributed by atoms with Crippen molar-refractivity contribution >= 4 is 5.91 Å². The summed E-state index contributed by atoms with van der Waals surface area (Å²) in [7, 11) is 1.83. The quantitative estimate of drug-likeness (QED) is 0.865. The summed E-state index contributed by atoms with van der Waals surface area (Å²) in [6, 6.07) is 5.69. The van der Waals surface area contributed by atoms with Gasteiger partial charge in [-0.1, -0.05) is 24.8 Å². The largest absolute Gasteiger partial charge is 0.395 e. The van der Waals surface area contributed by atoms with Gasteiger partial charge in [0.1, 0.15) is 0 Å². The van der Waals surface area contributed by atoms with Crippen LogP contribution in [0.25, 0.3) is 0 Å². The van der Waals surface area contributed by atoms with Crippen molar-refractivity contribution in [1.29, 1.82) is 0 Å². The molecule has 1 amide bonds. The highest BCUT2D eigenvalue weighted by atomic mass is 16.2. The van der Waals surface area contributed by atoms with Crippen molar-refractivity contribution in [2.24, 2.45) is 0 Å². The molecule has 0 bridgehead atoms. The number of hydrogen-bond acceptors (Lipinski definition) is 2. The van der Waals surface area contributed by atoms with Crippen LogP contribution >= 0.6 is 0 Å². The highest BCUT2D eigenvalue weighted by Crippen LogP contribution is 2.21. The van der Waals surface area contributed by atoms with E-state index in [1.165, 1.54) is 0 Å². The number of amides is 1. The first-order valence-electron chi connectivity index (χ1n) is 7.32. The Kier molecular flexibility index (Phi) is 5.99. The number of carbonyl (C=O) groups is 1. The van der Waals surface area contributed by atoms with Crippen LogP contribution in [0.5, 0.6) is 0 Å². The SMILES string of the molecule is CCC(C)(C)N(C)C(=O)c1ccc(C)cc1C#CCCO. The van der Waals surface area contributed by atoms with Gasteiger partial charge in [-0.2, -0.15) is 0 Å². The van der Waals surface area contributed by atoms with Crippen LogP contribution in [0.3, 0.4) is 0 Å². The fraction of sp³-hybridized carbons (Fsp3) is 0.500. The molecule has 3 nitrogen and oxygen atoms in total. The Hall–Kier alpha value is -1.79. The summed E-state index contributed by atoms with van der Waals surface area (Å²) in [5.41, 5.74) is 2.22. The third-order valence-electron chi connectivity index (χ3n) is 3.94. The number of hydrogen-bond donors (Lipinski definition) is 1. The maximum atomic E-state index is 12.7. The van der Waals surface area contributed by atoms with E-state index in [1.54, 1.807) is 4.90 Å². The van der Waals surface area contributed by atoms with E-state index in [0.717, 1.165) is 17.5 Å². The van der Waals surface area contributed by atoms with E-state index >= 15 is 0 Å². The molecule has 0 unspecified atom stereocenters. The van der Waals surface area contributed by atoms with Crippen LogP contribution in [0.4, 0.5) is 0 Å². The van der Waals surface area contributed by atoms with Crippen LogP contribution < -0.4 is 0 Å². The molecule has 0 aliphatic carbocycles. The highest BCUT2D eigenvalue weighted by Gasteiger charge is 2.27. The zero-order valence-corrected chi connectivity index (χ0v) is 13.7. The van der Waals surface area contributed by atoms with E-state index in [4.69, 9.17) is 5.11 Å². The minimum Gasteiger partial charge on any atom is -0.395 e. The second kappa shape index (κ2) is 7.28. The standard InChI is InChI=1S/C18H25NO2/c1-6-18(3,4)19(5)17(21)16-11-10-14(2)13-15(16)9-7-8-12-20/h10-11,13,20H,6,8,12H2,1-5H3. The zero-order valence-electron chi connectivity index (χ0n) is 13.7. The molecule has 114 valence electrons. The van der Waals surface area contributed by atoms with E-state index in [0.29, 0.717) is 12.0 Å². The summed E-state index contributed by atoms with van der Waals surface area (Å²) < 4.78 is 0. The van der Waals surface area contributed by atoms with Crippen molar-refractivity contribution < 1.29 is 9.90 Å². The molecular formula is C18H25NO2. The van der Waals surface area contributed by atoms with Gasteiger partial charge < -0.3 is 10.0 Å². The van der Waals surface area contributed by atoms with Crippen molar-refractivity contribution in [2.75, 3.05) is 13.7 Å². The molecule has 0 radical (unpaired) electrons. The maximum Gasteiger partial charge on any atom is 0.255 e. The van der Waals surface area contributed by atoms with Crippen LogP contribution in [-0.4, -0.2) is 35.1 Å². The monoisotopic (exact) mass is 287 g/mol. The lowest BCUT2D eigenvalue weighted by molar-refractivity contribution is 0.0620. The third-order valence-corrected chi connectivity index (χ3v) is 3.94. The predicted molar refractivity (Wildman–Crippen MR) is 86.2 cm³/mol. The van der Waals surface area contributed by atoms with Gasteiger partial charge in [0.2, 0.25) is 0 Å². The Balaban J connectivity index is 3.18. The first-order chi connectivity index (χ1) is 9.83. The molecular weight excluding hydrogens is 262 g/mol. The molecule has 0 saturated carbocycles. The Bertz CT molecular complexity index is 564. The lowest BCUT2D eigenvalue weighted by Crippen LogP contribution is -2.44. The van der Waals surface area contributed by atoms with Crippen LogP contribution in [-0.2, 0) is 0 Å². The predicted octanol–water partition coefficient (Wildman–Crippen LogP) is 2.99. The molecule has 0 spiro atoms. The van der Waals surface area contributed by atoms with E-state index in [2.05, 4.69) is 32.6 Å². The number of rotatable bonds is 4. The molecule has 0 atom stereocenters. The third kappa shape index (κ3) is 4.34. The van der Waals surface area contributed by atoms with Gasteiger partial charge in [-0.15, -0.1) is 0 Å². The summed E-state index contributed by atoms with van der Waals surface area (Å²) in [5.74, 6) is 5.88. The summed E-state index contributed by atoms with van der Waals surface area (Å²) in [4.78, 5) is 14.5. The lowest BCUT2D eigenvalue weighted by Gasteiger charge is -2.35. The topological polar surface area (TPSA) is 40.5 Å². The van der Waals surface area contributed by atoms with Crippen molar-refractivity contribution in [2.45, 2.75) is 46.1 Å². The molecule has 21 heavy (non-hydrogen) atoms. The smallest absolute Gasteiger partial charge is 0.255 e. The van der Waals surface area contributed by atoms with Crippen LogP contribution in [0.15, 0.2) is 18.2 Å². The second-order valence-electron chi connectivity index (χ2n) is 5.85. The normalized spacial score (nSPS) is 10.8. The fourth-order valence-corrected chi connectivity index (χ4v) is 1.85. The molecule has 0 saturated heterocycles. The van der Waals surface area contributed by atoms with Gasteiger partial charge in [0.05, 0.1) is 12.2 Å². The van der Waals surface area contributed by atoms with Crippen LogP contribution in [0.2, 0.25) is 0 Å². The van der Waals surface area contributed by atoms with Gasteiger partial charge >= 0.3 is 0 Å². The summed E-state index contributed by atoms with van der Waals surface area (Å²) >= 11 is 0. The number of aryl methyl sites for hydroxylation is 1. The average Bonchev–Trinajstić information content (AvgIpc) is 2.46. The van der Waals surface area contributed by atoms with Gasteiger partial charge in [-0.05, 0) is 44.9 Å². The lowest BCUT2D eigenvalue weighted by atomic mass is 9.97. The van der Waals surface area contributed by atoms with Crippen molar-refractivity contribution in [3.63, 3.8) is 0 Å². The minimum absolute atomic E-state index is 0.0184. The van der Waals surface area contributed by atoms with Crippen molar-refractivity contribution in [3.05, 3.63) is 34.9 Å². The molecule has 0 aliphatic rings. The molecule has 0 aliphatic heterocycles. The summed E-state index contributed by atoms with van der Waals surface area (Å²) in [6.07, 6.45) is 1.30. The van der Waals surface area contributed by atoms with Crippen LogP contribution in [0.1, 0.15) is 55.1 Å². The van der Waals surface area contributed by atoms with Crippen molar-refractivity contribution in [1.82, 2.24) is 4.90 Å². The number of benzene rings is 1. The molecule has 1 aromatic rings. The molecule has 0 heterocycles. The van der Waals surface area contributed by atoms with Gasteiger partial charge in [-0.25, -0.2) is 0 Å². The molecule has 0 fully saturated rings. The summed E-state index contributed by atoms with van der Waals surface area (Å²) in [5, 5.41) is 8.83. The van der Waals surface area contributed by atoms with Gasteiger partial charge in [-0.3, -0.25) is 4.79 Å². The molecule has 1 rings (SSSR count).